The Hall–Kier alpha value is -1.08. The van der Waals surface area contributed by atoms with Gasteiger partial charge in [0, 0.05) is 6.54 Å². The number of nitrogens with zero attached hydrogens (tertiary/aromatic N) is 1. The van der Waals surface area contributed by atoms with Gasteiger partial charge in [0.1, 0.15) is 0 Å². The first-order chi connectivity index (χ1) is 5.76. The van der Waals surface area contributed by atoms with Crippen molar-refractivity contribution < 1.29 is 9.53 Å². The van der Waals surface area contributed by atoms with E-state index in [1.165, 1.54) is 0 Å². The number of unbranched alkanes of at least 4 members (excludes halogenated alkanes) is 1. The molecule has 1 atom stereocenters. The van der Waals surface area contributed by atoms with E-state index < -0.39 is 11.9 Å². The monoisotopic (exact) mass is 170 g/mol. The Morgan fingerprint density at radius 3 is 2.83 bits per heavy atom. The average Bonchev–Trinajstić information content (AvgIpc) is 2.07. The van der Waals surface area contributed by atoms with Crippen LogP contribution in [0.25, 0.3) is 0 Å². The van der Waals surface area contributed by atoms with Crippen molar-refractivity contribution in [1.29, 1.82) is 5.26 Å². The number of carbonyl (C=O) groups is 1. The first-order valence-corrected chi connectivity index (χ1v) is 4.02. The standard InChI is InChI=1S/C8H14N2O2/c1-2-3-4-12-8(11)7(5-9)6-10/h7H,2-5,9H2,1H3. The molecule has 0 spiro atoms. The molecule has 0 rings (SSSR count). The summed E-state index contributed by atoms with van der Waals surface area (Å²) in [4.78, 5) is 11.0. The van der Waals surface area contributed by atoms with Crippen LogP contribution in [0.1, 0.15) is 19.8 Å². The van der Waals surface area contributed by atoms with E-state index in [0.29, 0.717) is 6.61 Å². The third-order valence-electron chi connectivity index (χ3n) is 1.42. The van der Waals surface area contributed by atoms with Gasteiger partial charge in [-0.05, 0) is 6.42 Å². The van der Waals surface area contributed by atoms with E-state index in [-0.39, 0.29) is 6.54 Å². The first kappa shape index (κ1) is 10.9. The van der Waals surface area contributed by atoms with Gasteiger partial charge in [-0.1, -0.05) is 13.3 Å². The molecule has 0 aromatic rings. The molecule has 0 aromatic carbocycles. The van der Waals surface area contributed by atoms with Crippen molar-refractivity contribution in [2.24, 2.45) is 11.7 Å². The van der Waals surface area contributed by atoms with Crippen molar-refractivity contribution in [1.82, 2.24) is 0 Å². The molecule has 0 radical (unpaired) electrons. The second-order valence-electron chi connectivity index (χ2n) is 2.44. The van der Waals surface area contributed by atoms with Crippen molar-refractivity contribution in [3.63, 3.8) is 0 Å². The second kappa shape index (κ2) is 6.62. The predicted molar refractivity (Wildman–Crippen MR) is 44.0 cm³/mol. The zero-order valence-corrected chi connectivity index (χ0v) is 7.25. The zero-order valence-electron chi connectivity index (χ0n) is 7.25. The molecule has 68 valence electrons. The molecule has 12 heavy (non-hydrogen) atoms. The number of nitrogens with two attached hydrogens (primary N) is 1. The summed E-state index contributed by atoms with van der Waals surface area (Å²) in [5.41, 5.74) is 5.17. The van der Waals surface area contributed by atoms with E-state index in [1.54, 1.807) is 6.07 Å². The molecule has 0 saturated carbocycles. The van der Waals surface area contributed by atoms with Crippen LogP contribution in [-0.2, 0) is 9.53 Å². The van der Waals surface area contributed by atoms with Gasteiger partial charge in [-0.15, -0.1) is 0 Å². The van der Waals surface area contributed by atoms with Crippen molar-refractivity contribution in [2.45, 2.75) is 19.8 Å². The Kier molecular flexibility index (Phi) is 6.02. The van der Waals surface area contributed by atoms with Crippen LogP contribution >= 0.6 is 0 Å². The topological polar surface area (TPSA) is 76.1 Å². The highest BCUT2D eigenvalue weighted by molar-refractivity contribution is 5.75. The largest absolute Gasteiger partial charge is 0.465 e. The molecule has 0 aliphatic rings. The fourth-order valence-corrected chi connectivity index (χ4v) is 0.619. The zero-order chi connectivity index (χ0) is 9.40. The number of nitriles is 1. The van der Waals surface area contributed by atoms with Crippen LogP contribution in [0, 0.1) is 17.2 Å². The summed E-state index contributed by atoms with van der Waals surface area (Å²) < 4.78 is 4.78. The lowest BCUT2D eigenvalue weighted by Crippen LogP contribution is -2.24. The van der Waals surface area contributed by atoms with Gasteiger partial charge in [-0.2, -0.15) is 5.26 Å². The van der Waals surface area contributed by atoms with Crippen LogP contribution in [0.5, 0.6) is 0 Å². The van der Waals surface area contributed by atoms with Crippen LogP contribution < -0.4 is 5.73 Å². The number of hydrogen-bond donors (Lipinski definition) is 1. The van der Waals surface area contributed by atoms with Crippen molar-refractivity contribution in [3.8, 4) is 6.07 Å². The third-order valence-corrected chi connectivity index (χ3v) is 1.42. The molecule has 4 nitrogen and oxygen atoms in total. The van der Waals surface area contributed by atoms with Crippen LogP contribution in [-0.4, -0.2) is 19.1 Å². The van der Waals surface area contributed by atoms with Gasteiger partial charge < -0.3 is 10.5 Å². The normalized spacial score (nSPS) is 11.8. The Bertz CT molecular complexity index is 174. The molecule has 0 aromatic heterocycles. The van der Waals surface area contributed by atoms with Gasteiger partial charge in [0.15, 0.2) is 5.92 Å². The van der Waals surface area contributed by atoms with Crippen molar-refractivity contribution in [2.75, 3.05) is 13.2 Å². The highest BCUT2D eigenvalue weighted by atomic mass is 16.5. The molecule has 0 fully saturated rings. The van der Waals surface area contributed by atoms with Gasteiger partial charge in [-0.25, -0.2) is 0 Å². The van der Waals surface area contributed by atoms with Gasteiger partial charge in [0.05, 0.1) is 12.7 Å². The van der Waals surface area contributed by atoms with Gasteiger partial charge >= 0.3 is 5.97 Å². The molecule has 2 N–H and O–H groups in total. The highest BCUT2D eigenvalue weighted by Gasteiger charge is 2.16. The first-order valence-electron chi connectivity index (χ1n) is 4.02. The van der Waals surface area contributed by atoms with Gasteiger partial charge in [-0.3, -0.25) is 4.79 Å². The Morgan fingerprint density at radius 1 is 1.75 bits per heavy atom. The molecule has 0 heterocycles. The lowest BCUT2D eigenvalue weighted by molar-refractivity contribution is -0.146. The molecule has 1 unspecified atom stereocenters. The van der Waals surface area contributed by atoms with E-state index in [0.717, 1.165) is 12.8 Å². The Labute approximate surface area is 72.3 Å². The lowest BCUT2D eigenvalue weighted by Gasteiger charge is -2.05. The van der Waals surface area contributed by atoms with E-state index in [9.17, 15) is 4.79 Å². The summed E-state index contributed by atoms with van der Waals surface area (Å²) in [7, 11) is 0. The summed E-state index contributed by atoms with van der Waals surface area (Å²) in [6, 6.07) is 1.78. The minimum atomic E-state index is -0.804. The summed E-state index contributed by atoms with van der Waals surface area (Å²) in [6.07, 6.45) is 1.79. The molecular weight excluding hydrogens is 156 g/mol. The second-order valence-corrected chi connectivity index (χ2v) is 2.44. The maximum atomic E-state index is 11.0. The predicted octanol–water partition coefficient (Wildman–Crippen LogP) is 0.428. The highest BCUT2D eigenvalue weighted by Crippen LogP contribution is 1.97. The number of ether oxygens (including phenoxy) is 1. The van der Waals surface area contributed by atoms with E-state index >= 15 is 0 Å². The molecule has 0 saturated heterocycles. The molecule has 0 bridgehead atoms. The van der Waals surface area contributed by atoms with Crippen molar-refractivity contribution in [3.05, 3.63) is 0 Å². The molecule has 0 amide bonds. The number of hydrogen-bond acceptors (Lipinski definition) is 4. The number of carbonyl (C=O) groups excluding carboxylic acids is 1. The van der Waals surface area contributed by atoms with Gasteiger partial charge in [0.2, 0.25) is 0 Å². The fourth-order valence-electron chi connectivity index (χ4n) is 0.619. The summed E-state index contributed by atoms with van der Waals surface area (Å²) >= 11 is 0. The van der Waals surface area contributed by atoms with Crippen molar-refractivity contribution >= 4 is 5.97 Å². The molecule has 4 heteroatoms. The van der Waals surface area contributed by atoms with E-state index in [2.05, 4.69) is 0 Å². The van der Waals surface area contributed by atoms with Crippen LogP contribution in [0.2, 0.25) is 0 Å². The van der Waals surface area contributed by atoms with E-state index in [1.807, 2.05) is 6.92 Å². The number of rotatable bonds is 5. The number of esters is 1. The van der Waals surface area contributed by atoms with Gasteiger partial charge in [0.25, 0.3) is 0 Å². The average molecular weight is 170 g/mol. The molecule has 0 aliphatic heterocycles. The summed E-state index contributed by atoms with van der Waals surface area (Å²) in [5, 5.41) is 8.42. The SMILES string of the molecule is CCCCOC(=O)C(C#N)CN. The molecular formula is C8H14N2O2. The van der Waals surface area contributed by atoms with Crippen LogP contribution in [0.4, 0.5) is 0 Å². The lowest BCUT2D eigenvalue weighted by atomic mass is 10.2. The quantitative estimate of drug-likeness (QED) is 0.479. The minimum Gasteiger partial charge on any atom is -0.465 e. The third kappa shape index (κ3) is 3.94. The summed E-state index contributed by atoms with van der Waals surface area (Å²) in [6.45, 7) is 2.41. The maximum absolute atomic E-state index is 11.0. The smallest absolute Gasteiger partial charge is 0.324 e. The minimum absolute atomic E-state index is 0.0292. The Balaban J connectivity index is 3.64. The fraction of sp³-hybridized carbons (Fsp3) is 0.750. The molecule has 0 aliphatic carbocycles. The maximum Gasteiger partial charge on any atom is 0.324 e. The summed E-state index contributed by atoms with van der Waals surface area (Å²) in [5.74, 6) is -1.31. The van der Waals surface area contributed by atoms with E-state index in [4.69, 9.17) is 15.7 Å². The Morgan fingerprint density at radius 2 is 2.42 bits per heavy atom. The van der Waals surface area contributed by atoms with Crippen LogP contribution in [0.15, 0.2) is 0 Å². The van der Waals surface area contributed by atoms with Crippen LogP contribution in [0.3, 0.4) is 0 Å².